The van der Waals surface area contributed by atoms with Crippen molar-refractivity contribution in [3.8, 4) is 5.75 Å². The maximum absolute atomic E-state index is 10.6. The highest BCUT2D eigenvalue weighted by Crippen LogP contribution is 2.41. The van der Waals surface area contributed by atoms with Crippen molar-refractivity contribution in [2.75, 3.05) is 33.3 Å². The second kappa shape index (κ2) is 14.3. The lowest BCUT2D eigenvalue weighted by Crippen LogP contribution is -2.41. The van der Waals surface area contributed by atoms with Gasteiger partial charge in [0.1, 0.15) is 5.75 Å². The number of methoxy groups -OCH3 is 1. The van der Waals surface area contributed by atoms with E-state index in [0.29, 0.717) is 5.41 Å². The molecule has 3 heterocycles. The number of aliphatic carboxylic acids is 2. The second-order valence-corrected chi connectivity index (χ2v) is 9.55. The summed E-state index contributed by atoms with van der Waals surface area (Å²) >= 11 is 0. The molecule has 0 saturated carbocycles. The van der Waals surface area contributed by atoms with Crippen LogP contribution in [0.4, 0.5) is 26.3 Å². The number of halogens is 6. The fourth-order valence-electron chi connectivity index (χ4n) is 4.50. The van der Waals surface area contributed by atoms with Gasteiger partial charge in [0.05, 0.1) is 7.11 Å². The number of hydrogen-bond donors (Lipinski definition) is 2. The minimum absolute atomic E-state index is 0.540. The zero-order chi connectivity index (χ0) is 30.0. The number of hydrogen-bond acceptors (Lipinski definition) is 6. The molecule has 2 saturated heterocycles. The molecule has 2 aliphatic rings. The second-order valence-electron chi connectivity index (χ2n) is 9.55. The number of pyridine rings is 1. The van der Waals surface area contributed by atoms with Crippen molar-refractivity contribution in [3.05, 3.63) is 59.9 Å². The summed E-state index contributed by atoms with van der Waals surface area (Å²) in [6, 6.07) is 12.7. The van der Waals surface area contributed by atoms with Crippen LogP contribution in [-0.2, 0) is 22.7 Å². The molecule has 1 spiro atoms. The van der Waals surface area contributed by atoms with E-state index in [-0.39, 0.29) is 0 Å². The van der Waals surface area contributed by atoms with Gasteiger partial charge in [0.2, 0.25) is 0 Å². The summed E-state index contributed by atoms with van der Waals surface area (Å²) in [5.74, 6) is -4.58. The number of alkyl halides is 6. The minimum atomic E-state index is -5.08. The zero-order valence-electron chi connectivity index (χ0n) is 21.7. The quantitative estimate of drug-likeness (QED) is 0.485. The molecular weight excluding hydrogens is 548 g/mol. The summed E-state index contributed by atoms with van der Waals surface area (Å²) in [6.07, 6.45) is -2.31. The van der Waals surface area contributed by atoms with Gasteiger partial charge in [0.15, 0.2) is 0 Å². The molecular formula is C26H31F6N3O5. The molecule has 14 heteroatoms. The van der Waals surface area contributed by atoms with Crippen molar-refractivity contribution in [2.45, 2.75) is 44.7 Å². The molecule has 40 heavy (non-hydrogen) atoms. The van der Waals surface area contributed by atoms with Crippen molar-refractivity contribution in [1.29, 1.82) is 0 Å². The molecule has 2 aliphatic heterocycles. The van der Waals surface area contributed by atoms with E-state index in [4.69, 9.17) is 24.5 Å². The highest BCUT2D eigenvalue weighted by molar-refractivity contribution is 5.73. The first-order valence-corrected chi connectivity index (χ1v) is 12.2. The van der Waals surface area contributed by atoms with Crippen LogP contribution in [0.5, 0.6) is 5.75 Å². The molecule has 2 fully saturated rings. The predicted molar refractivity (Wildman–Crippen MR) is 131 cm³/mol. The average Bonchev–Trinajstić information content (AvgIpc) is 3.28. The number of rotatable bonds is 5. The van der Waals surface area contributed by atoms with Crippen LogP contribution in [0, 0.1) is 5.41 Å². The Labute approximate surface area is 227 Å². The van der Waals surface area contributed by atoms with Crippen molar-refractivity contribution < 1.29 is 50.9 Å². The third kappa shape index (κ3) is 11.0. The van der Waals surface area contributed by atoms with E-state index >= 15 is 0 Å². The Morgan fingerprint density at radius 1 is 0.850 bits per heavy atom. The van der Waals surface area contributed by atoms with Crippen LogP contribution in [0.15, 0.2) is 48.8 Å². The molecule has 0 unspecified atom stereocenters. The third-order valence-electron chi connectivity index (χ3n) is 6.61. The third-order valence-corrected chi connectivity index (χ3v) is 6.61. The molecule has 0 atom stereocenters. The molecule has 2 aromatic rings. The highest BCUT2D eigenvalue weighted by Gasteiger charge is 2.40. The fourth-order valence-corrected chi connectivity index (χ4v) is 4.50. The molecule has 4 rings (SSSR count). The molecule has 1 aromatic heterocycles. The van der Waals surface area contributed by atoms with Gasteiger partial charge < -0.3 is 14.9 Å². The van der Waals surface area contributed by atoms with Gasteiger partial charge in [-0.25, -0.2) is 9.59 Å². The van der Waals surface area contributed by atoms with Crippen LogP contribution in [0.2, 0.25) is 0 Å². The Morgan fingerprint density at radius 2 is 1.32 bits per heavy atom. The van der Waals surface area contributed by atoms with Gasteiger partial charge in [-0.15, -0.1) is 0 Å². The normalized spacial score (nSPS) is 17.3. The minimum Gasteiger partial charge on any atom is -0.497 e. The van der Waals surface area contributed by atoms with Gasteiger partial charge in [-0.05, 0) is 73.6 Å². The van der Waals surface area contributed by atoms with Crippen molar-refractivity contribution in [3.63, 3.8) is 0 Å². The summed E-state index contributed by atoms with van der Waals surface area (Å²) < 4.78 is 68.7. The van der Waals surface area contributed by atoms with Gasteiger partial charge in [0.25, 0.3) is 0 Å². The molecule has 1 aromatic carbocycles. The maximum atomic E-state index is 10.6. The van der Waals surface area contributed by atoms with Gasteiger partial charge in [-0.2, -0.15) is 26.3 Å². The first-order chi connectivity index (χ1) is 18.6. The van der Waals surface area contributed by atoms with Gasteiger partial charge in [0, 0.05) is 32.0 Å². The number of nitrogens with zero attached hydrogens (tertiary/aromatic N) is 3. The van der Waals surface area contributed by atoms with Gasteiger partial charge in [-0.1, -0.05) is 18.2 Å². The van der Waals surface area contributed by atoms with Crippen molar-refractivity contribution in [2.24, 2.45) is 5.41 Å². The summed E-state index contributed by atoms with van der Waals surface area (Å²) in [5, 5.41) is 14.2. The Balaban J connectivity index is 0.000000333. The summed E-state index contributed by atoms with van der Waals surface area (Å²) in [4.78, 5) is 27.3. The summed E-state index contributed by atoms with van der Waals surface area (Å²) in [5.41, 5.74) is 3.26. The molecule has 0 aliphatic carbocycles. The Kier molecular flexibility index (Phi) is 11.7. The number of carboxylic acids is 2. The van der Waals surface area contributed by atoms with Crippen LogP contribution in [-0.4, -0.2) is 82.6 Å². The lowest BCUT2D eigenvalue weighted by atomic mass is 9.77. The number of carboxylic acid groups (broad SMARTS) is 2. The first-order valence-electron chi connectivity index (χ1n) is 12.2. The van der Waals surface area contributed by atoms with E-state index < -0.39 is 24.3 Å². The number of aromatic nitrogens is 1. The monoisotopic (exact) mass is 579 g/mol. The van der Waals surface area contributed by atoms with Crippen LogP contribution >= 0.6 is 0 Å². The van der Waals surface area contributed by atoms with Crippen molar-refractivity contribution >= 4 is 11.9 Å². The molecule has 0 radical (unpaired) electrons. The molecule has 222 valence electrons. The highest BCUT2D eigenvalue weighted by atomic mass is 19.4. The Bertz CT molecular complexity index is 1050. The van der Waals surface area contributed by atoms with Crippen molar-refractivity contribution in [1.82, 2.24) is 14.8 Å². The largest absolute Gasteiger partial charge is 0.497 e. The smallest absolute Gasteiger partial charge is 0.490 e. The number of ether oxygens (including phenoxy) is 1. The van der Waals surface area contributed by atoms with Gasteiger partial charge in [-0.3, -0.25) is 14.8 Å². The standard InChI is InChI=1S/C22H29N3O.2C2HF3O2/c1-26-21-6-4-19(5-7-21)16-24-12-8-22(9-13-24)10-14-25(18-22)17-20-3-2-11-23-15-20;2*3-2(4,5)1(6)7/h2-7,11,15H,8-10,12-14,16-18H2,1H3;2*(H,6,7). The number of benzene rings is 1. The summed E-state index contributed by atoms with van der Waals surface area (Å²) in [7, 11) is 1.72. The van der Waals surface area contributed by atoms with Crippen LogP contribution in [0.25, 0.3) is 0 Å². The molecule has 0 amide bonds. The summed E-state index contributed by atoms with van der Waals surface area (Å²) in [6.45, 7) is 7.01. The number of likely N-dealkylation sites (tertiary alicyclic amines) is 2. The Morgan fingerprint density at radius 3 is 1.75 bits per heavy atom. The van der Waals surface area contributed by atoms with E-state index in [2.05, 4.69) is 45.1 Å². The van der Waals surface area contributed by atoms with Crippen LogP contribution < -0.4 is 4.74 Å². The van der Waals surface area contributed by atoms with E-state index in [1.54, 1.807) is 7.11 Å². The Hall–Kier alpha value is -3.39. The SMILES string of the molecule is COc1ccc(CN2CCC3(CC2)CCN(Cc2cccnc2)C3)cc1.O=C(O)C(F)(F)F.O=C(O)C(F)(F)F. The fraction of sp³-hybridized carbons (Fsp3) is 0.500. The molecule has 2 N–H and O–H groups in total. The lowest BCUT2D eigenvalue weighted by molar-refractivity contribution is -0.193. The number of piperidine rings is 1. The van der Waals surface area contributed by atoms with E-state index in [9.17, 15) is 26.3 Å². The topological polar surface area (TPSA) is 103 Å². The molecule has 8 nitrogen and oxygen atoms in total. The van der Waals surface area contributed by atoms with Crippen LogP contribution in [0.3, 0.4) is 0 Å². The maximum Gasteiger partial charge on any atom is 0.490 e. The predicted octanol–water partition coefficient (Wildman–Crippen LogP) is 4.84. The first kappa shape index (κ1) is 32.8. The average molecular weight is 580 g/mol. The molecule has 0 bridgehead atoms. The number of carbonyl (C=O) groups is 2. The lowest BCUT2D eigenvalue weighted by Gasteiger charge is -2.39. The van der Waals surface area contributed by atoms with E-state index in [1.807, 2.05) is 18.5 Å². The zero-order valence-corrected chi connectivity index (χ0v) is 21.7. The van der Waals surface area contributed by atoms with Crippen LogP contribution in [0.1, 0.15) is 30.4 Å². The van der Waals surface area contributed by atoms with E-state index in [1.165, 1.54) is 56.6 Å². The van der Waals surface area contributed by atoms with Gasteiger partial charge >= 0.3 is 24.3 Å². The van der Waals surface area contributed by atoms with E-state index in [0.717, 1.165) is 18.8 Å².